The zero-order valence-electron chi connectivity index (χ0n) is 12.7. The molecule has 1 atom stereocenters. The van der Waals surface area contributed by atoms with Gasteiger partial charge in [-0.3, -0.25) is 0 Å². The van der Waals surface area contributed by atoms with E-state index in [2.05, 4.69) is 52.5 Å². The van der Waals surface area contributed by atoms with Crippen LogP contribution in [0.4, 0.5) is 0 Å². The lowest BCUT2D eigenvalue weighted by molar-refractivity contribution is 0.0514. The van der Waals surface area contributed by atoms with Crippen molar-refractivity contribution < 1.29 is 5.11 Å². The maximum Gasteiger partial charge on any atom is 0.0843 e. The van der Waals surface area contributed by atoms with E-state index in [1.54, 1.807) is 0 Å². The standard InChI is InChI=1S/C18H26O/c1-6-9-18(4,5)16(19)13-7-8-14-11-17(2,3)12-15(14)10-13/h6-8,10,16,19H,1,9,11-12H2,2-5H3. The monoisotopic (exact) mass is 258 g/mol. The number of hydrogen-bond acceptors (Lipinski definition) is 1. The Morgan fingerprint density at radius 2 is 1.95 bits per heavy atom. The Morgan fingerprint density at radius 3 is 2.58 bits per heavy atom. The van der Waals surface area contributed by atoms with Crippen LogP contribution >= 0.6 is 0 Å². The second-order valence-electron chi connectivity index (χ2n) is 7.43. The first-order valence-electron chi connectivity index (χ1n) is 7.16. The number of rotatable bonds is 4. The molecule has 1 aromatic rings. The van der Waals surface area contributed by atoms with Crippen LogP contribution in [0.1, 0.15) is 56.9 Å². The minimum absolute atomic E-state index is 0.163. The molecule has 0 amide bonds. The molecule has 1 aromatic carbocycles. The molecule has 1 aliphatic carbocycles. The summed E-state index contributed by atoms with van der Waals surface area (Å²) >= 11 is 0. The SMILES string of the molecule is C=CCC(C)(C)C(O)c1ccc2c(c1)CC(C)(C)C2. The maximum absolute atomic E-state index is 10.6. The molecule has 0 heterocycles. The number of fused-ring (bicyclic) bond motifs is 1. The molecule has 0 saturated heterocycles. The van der Waals surface area contributed by atoms with Crippen LogP contribution in [-0.2, 0) is 12.8 Å². The quantitative estimate of drug-likeness (QED) is 0.791. The third kappa shape index (κ3) is 2.92. The zero-order valence-corrected chi connectivity index (χ0v) is 12.7. The van der Waals surface area contributed by atoms with Crippen molar-refractivity contribution in [2.24, 2.45) is 10.8 Å². The molecule has 104 valence electrons. The average molecular weight is 258 g/mol. The van der Waals surface area contributed by atoms with Crippen molar-refractivity contribution in [1.82, 2.24) is 0 Å². The first-order chi connectivity index (χ1) is 8.75. The van der Waals surface area contributed by atoms with E-state index in [4.69, 9.17) is 0 Å². The van der Waals surface area contributed by atoms with Crippen LogP contribution in [0, 0.1) is 10.8 Å². The smallest absolute Gasteiger partial charge is 0.0843 e. The van der Waals surface area contributed by atoms with E-state index in [0.29, 0.717) is 5.41 Å². The second-order valence-corrected chi connectivity index (χ2v) is 7.43. The minimum atomic E-state index is -0.431. The Balaban J connectivity index is 2.27. The van der Waals surface area contributed by atoms with Gasteiger partial charge in [-0.05, 0) is 46.8 Å². The molecule has 1 aliphatic rings. The number of benzene rings is 1. The number of aliphatic hydroxyl groups excluding tert-OH is 1. The van der Waals surface area contributed by atoms with Crippen molar-refractivity contribution in [2.45, 2.75) is 53.1 Å². The third-order valence-corrected chi connectivity index (χ3v) is 4.29. The Hall–Kier alpha value is -1.08. The summed E-state index contributed by atoms with van der Waals surface area (Å²) in [6.07, 6.45) is 4.54. The van der Waals surface area contributed by atoms with Gasteiger partial charge in [-0.25, -0.2) is 0 Å². The fourth-order valence-corrected chi connectivity index (χ4v) is 3.18. The number of allylic oxidation sites excluding steroid dienone is 1. The molecule has 0 fully saturated rings. The van der Waals surface area contributed by atoms with Gasteiger partial charge in [-0.1, -0.05) is 52.0 Å². The molecule has 1 unspecified atom stereocenters. The molecular weight excluding hydrogens is 232 g/mol. The minimum Gasteiger partial charge on any atom is -0.388 e. The van der Waals surface area contributed by atoms with E-state index in [1.807, 2.05) is 6.08 Å². The molecule has 0 saturated carbocycles. The van der Waals surface area contributed by atoms with E-state index in [1.165, 1.54) is 11.1 Å². The third-order valence-electron chi connectivity index (χ3n) is 4.29. The van der Waals surface area contributed by atoms with Gasteiger partial charge < -0.3 is 5.11 Å². The Labute approximate surface area is 117 Å². The molecule has 0 bridgehead atoms. The zero-order chi connectivity index (χ0) is 14.3. The Morgan fingerprint density at radius 1 is 1.32 bits per heavy atom. The molecule has 0 aliphatic heterocycles. The first-order valence-corrected chi connectivity index (χ1v) is 7.16. The normalized spacial score (nSPS) is 19.0. The van der Waals surface area contributed by atoms with Crippen LogP contribution in [-0.4, -0.2) is 5.11 Å². The molecule has 0 aromatic heterocycles. The van der Waals surface area contributed by atoms with Gasteiger partial charge in [0.1, 0.15) is 0 Å². The molecule has 1 nitrogen and oxygen atoms in total. The molecule has 19 heavy (non-hydrogen) atoms. The topological polar surface area (TPSA) is 20.2 Å². The summed E-state index contributed by atoms with van der Waals surface area (Å²) in [5, 5.41) is 10.6. The van der Waals surface area contributed by atoms with E-state index >= 15 is 0 Å². The van der Waals surface area contributed by atoms with E-state index in [-0.39, 0.29) is 5.41 Å². The predicted octanol–water partition coefficient (Wildman–Crippen LogP) is 4.45. The molecular formula is C18H26O. The summed E-state index contributed by atoms with van der Waals surface area (Å²) in [6, 6.07) is 6.50. The molecule has 1 N–H and O–H groups in total. The second kappa shape index (κ2) is 4.79. The summed E-state index contributed by atoms with van der Waals surface area (Å²) in [7, 11) is 0. The summed E-state index contributed by atoms with van der Waals surface area (Å²) in [6.45, 7) is 12.6. The van der Waals surface area contributed by atoms with E-state index in [0.717, 1.165) is 24.8 Å². The lowest BCUT2D eigenvalue weighted by Gasteiger charge is -2.30. The van der Waals surface area contributed by atoms with Gasteiger partial charge >= 0.3 is 0 Å². The average Bonchev–Trinajstić information content (AvgIpc) is 2.60. The highest BCUT2D eigenvalue weighted by molar-refractivity contribution is 5.38. The summed E-state index contributed by atoms with van der Waals surface area (Å²) in [5.41, 5.74) is 4.11. The van der Waals surface area contributed by atoms with Gasteiger partial charge in [0.2, 0.25) is 0 Å². The summed E-state index contributed by atoms with van der Waals surface area (Å²) < 4.78 is 0. The van der Waals surface area contributed by atoms with E-state index < -0.39 is 6.10 Å². The van der Waals surface area contributed by atoms with Crippen LogP contribution in [0.2, 0.25) is 0 Å². The van der Waals surface area contributed by atoms with Crippen LogP contribution in [0.5, 0.6) is 0 Å². The highest BCUT2D eigenvalue weighted by atomic mass is 16.3. The summed E-state index contributed by atoms with van der Waals surface area (Å²) in [5.74, 6) is 0. The number of hydrogen-bond donors (Lipinski definition) is 1. The van der Waals surface area contributed by atoms with Crippen molar-refractivity contribution in [3.63, 3.8) is 0 Å². The van der Waals surface area contributed by atoms with Crippen LogP contribution in [0.3, 0.4) is 0 Å². The van der Waals surface area contributed by atoms with Crippen molar-refractivity contribution in [3.8, 4) is 0 Å². The van der Waals surface area contributed by atoms with Crippen molar-refractivity contribution in [1.29, 1.82) is 0 Å². The van der Waals surface area contributed by atoms with Crippen molar-refractivity contribution in [2.75, 3.05) is 0 Å². The molecule has 0 radical (unpaired) electrons. The van der Waals surface area contributed by atoms with Crippen molar-refractivity contribution >= 4 is 0 Å². The van der Waals surface area contributed by atoms with Gasteiger partial charge in [0, 0.05) is 0 Å². The highest BCUT2D eigenvalue weighted by Gasteiger charge is 2.31. The first kappa shape index (κ1) is 14.3. The predicted molar refractivity (Wildman–Crippen MR) is 81.2 cm³/mol. The van der Waals surface area contributed by atoms with Gasteiger partial charge in [-0.2, -0.15) is 0 Å². The largest absolute Gasteiger partial charge is 0.388 e. The summed E-state index contributed by atoms with van der Waals surface area (Å²) in [4.78, 5) is 0. The van der Waals surface area contributed by atoms with Crippen LogP contribution in [0.25, 0.3) is 0 Å². The van der Waals surface area contributed by atoms with Gasteiger partial charge in [0.05, 0.1) is 6.10 Å². The fraction of sp³-hybridized carbons (Fsp3) is 0.556. The van der Waals surface area contributed by atoms with E-state index in [9.17, 15) is 5.11 Å². The van der Waals surface area contributed by atoms with Gasteiger partial charge in [0.15, 0.2) is 0 Å². The van der Waals surface area contributed by atoms with Gasteiger partial charge in [0.25, 0.3) is 0 Å². The van der Waals surface area contributed by atoms with Crippen LogP contribution < -0.4 is 0 Å². The molecule has 0 spiro atoms. The highest BCUT2D eigenvalue weighted by Crippen LogP contribution is 2.41. The lowest BCUT2D eigenvalue weighted by atomic mass is 9.79. The lowest BCUT2D eigenvalue weighted by Crippen LogP contribution is -2.21. The Bertz CT molecular complexity index is 482. The van der Waals surface area contributed by atoms with Crippen molar-refractivity contribution in [3.05, 3.63) is 47.5 Å². The maximum atomic E-state index is 10.6. The van der Waals surface area contributed by atoms with Crippen LogP contribution in [0.15, 0.2) is 30.9 Å². The fourth-order valence-electron chi connectivity index (χ4n) is 3.18. The van der Waals surface area contributed by atoms with Gasteiger partial charge in [-0.15, -0.1) is 6.58 Å². The molecule has 2 rings (SSSR count). The Kier molecular flexibility index (Phi) is 3.61. The molecule has 1 heteroatoms. The number of aliphatic hydroxyl groups is 1.